The fourth-order valence-electron chi connectivity index (χ4n) is 4.69. The SMILES string of the molecule is CCC(C)CN1C[C@H]2CC(Nc3ccc(-c4cc(F)ccc4Cl)nn3)C[C@H]2C1. The predicted molar refractivity (Wildman–Crippen MR) is 112 cm³/mol. The maximum atomic E-state index is 13.5. The van der Waals surface area contributed by atoms with Gasteiger partial charge in [0.25, 0.3) is 0 Å². The second-order valence-corrected chi connectivity index (χ2v) is 8.90. The zero-order chi connectivity index (χ0) is 19.7. The maximum Gasteiger partial charge on any atom is 0.148 e. The van der Waals surface area contributed by atoms with Gasteiger partial charge >= 0.3 is 0 Å². The lowest BCUT2D eigenvalue weighted by molar-refractivity contribution is 0.263. The number of hydrogen-bond acceptors (Lipinski definition) is 4. The van der Waals surface area contributed by atoms with E-state index >= 15 is 0 Å². The Kier molecular flexibility index (Phi) is 5.83. The van der Waals surface area contributed by atoms with Crippen molar-refractivity contribution in [3.05, 3.63) is 41.2 Å². The van der Waals surface area contributed by atoms with Crippen LogP contribution in [0.1, 0.15) is 33.1 Å². The van der Waals surface area contributed by atoms with Gasteiger partial charge in [0.05, 0.1) is 10.7 Å². The van der Waals surface area contributed by atoms with Crippen LogP contribution in [0.2, 0.25) is 5.02 Å². The summed E-state index contributed by atoms with van der Waals surface area (Å²) in [6, 6.07) is 8.49. The molecule has 1 aromatic carbocycles. The van der Waals surface area contributed by atoms with Crippen molar-refractivity contribution in [2.24, 2.45) is 17.8 Å². The van der Waals surface area contributed by atoms with Crippen molar-refractivity contribution >= 4 is 17.4 Å². The Hall–Kier alpha value is -1.72. The van der Waals surface area contributed by atoms with Gasteiger partial charge in [0.2, 0.25) is 0 Å². The van der Waals surface area contributed by atoms with Crippen LogP contribution in [-0.2, 0) is 0 Å². The summed E-state index contributed by atoms with van der Waals surface area (Å²) in [4.78, 5) is 2.65. The molecule has 0 radical (unpaired) electrons. The van der Waals surface area contributed by atoms with E-state index in [-0.39, 0.29) is 5.82 Å². The fraction of sp³-hybridized carbons (Fsp3) is 0.545. The Morgan fingerprint density at radius 2 is 1.93 bits per heavy atom. The summed E-state index contributed by atoms with van der Waals surface area (Å²) in [5, 5.41) is 12.6. The van der Waals surface area contributed by atoms with Crippen LogP contribution in [-0.4, -0.2) is 40.8 Å². The highest BCUT2D eigenvalue weighted by atomic mass is 35.5. The number of anilines is 1. The molecule has 4 atom stereocenters. The number of fused-ring (bicyclic) bond motifs is 1. The normalized spacial score (nSPS) is 25.6. The average Bonchev–Trinajstić information content (AvgIpc) is 3.22. The summed E-state index contributed by atoms with van der Waals surface area (Å²) in [5.41, 5.74) is 1.15. The standard InChI is InChI=1S/C22H28ClFN4/c1-3-14(2)11-28-12-15-8-18(9-16(15)13-28)25-22-7-6-21(26-27-22)19-10-17(24)4-5-20(19)23/h4-7,10,14-16,18H,3,8-9,11-13H2,1-2H3,(H,25,27)/t14?,15-,16+,18?. The molecule has 2 aliphatic rings. The molecule has 0 bridgehead atoms. The highest BCUT2D eigenvalue weighted by Crippen LogP contribution is 2.39. The predicted octanol–water partition coefficient (Wildman–Crippen LogP) is 5.10. The summed E-state index contributed by atoms with van der Waals surface area (Å²) >= 11 is 6.16. The lowest BCUT2D eigenvalue weighted by Crippen LogP contribution is -2.29. The second-order valence-electron chi connectivity index (χ2n) is 8.49. The first-order valence-corrected chi connectivity index (χ1v) is 10.7. The van der Waals surface area contributed by atoms with E-state index in [1.807, 2.05) is 12.1 Å². The average molecular weight is 403 g/mol. The minimum atomic E-state index is -0.330. The Balaban J connectivity index is 1.34. The largest absolute Gasteiger partial charge is 0.366 e. The van der Waals surface area contributed by atoms with Gasteiger partial charge in [-0.05, 0) is 60.9 Å². The molecule has 150 valence electrons. The number of likely N-dealkylation sites (tertiary alicyclic amines) is 1. The van der Waals surface area contributed by atoms with Crippen molar-refractivity contribution in [1.29, 1.82) is 0 Å². The van der Waals surface area contributed by atoms with Crippen molar-refractivity contribution in [2.75, 3.05) is 25.0 Å². The number of aromatic nitrogens is 2. The lowest BCUT2D eigenvalue weighted by atomic mass is 10.0. The second kappa shape index (κ2) is 8.34. The minimum absolute atomic E-state index is 0.330. The van der Waals surface area contributed by atoms with Crippen LogP contribution < -0.4 is 5.32 Å². The maximum absolute atomic E-state index is 13.5. The van der Waals surface area contributed by atoms with Crippen LogP contribution in [0.25, 0.3) is 11.3 Å². The molecule has 0 spiro atoms. The smallest absolute Gasteiger partial charge is 0.148 e. The van der Waals surface area contributed by atoms with Crippen LogP contribution in [0.5, 0.6) is 0 Å². The van der Waals surface area contributed by atoms with Gasteiger partial charge in [-0.2, -0.15) is 0 Å². The van der Waals surface area contributed by atoms with Crippen molar-refractivity contribution in [3.63, 3.8) is 0 Å². The number of halogens is 2. The zero-order valence-electron chi connectivity index (χ0n) is 16.5. The molecule has 4 nitrogen and oxygen atoms in total. The molecule has 1 saturated heterocycles. The molecule has 2 unspecified atom stereocenters. The van der Waals surface area contributed by atoms with E-state index in [4.69, 9.17) is 11.6 Å². The number of rotatable bonds is 6. The molecule has 2 fully saturated rings. The molecule has 28 heavy (non-hydrogen) atoms. The molecule has 1 aliphatic heterocycles. The Morgan fingerprint density at radius 3 is 2.57 bits per heavy atom. The van der Waals surface area contributed by atoms with E-state index in [0.717, 1.165) is 23.6 Å². The minimum Gasteiger partial charge on any atom is -0.366 e. The van der Waals surface area contributed by atoms with Gasteiger partial charge in [0.15, 0.2) is 0 Å². The summed E-state index contributed by atoms with van der Waals surface area (Å²) in [5.74, 6) is 2.81. The number of hydrogen-bond donors (Lipinski definition) is 1. The van der Waals surface area contributed by atoms with Crippen LogP contribution in [0, 0.1) is 23.6 Å². The van der Waals surface area contributed by atoms with Crippen molar-refractivity contribution in [2.45, 2.75) is 39.2 Å². The highest BCUT2D eigenvalue weighted by molar-refractivity contribution is 6.33. The van der Waals surface area contributed by atoms with Crippen molar-refractivity contribution in [3.8, 4) is 11.3 Å². The van der Waals surface area contributed by atoms with Crippen molar-refractivity contribution in [1.82, 2.24) is 15.1 Å². The molecule has 1 saturated carbocycles. The number of nitrogens with zero attached hydrogens (tertiary/aromatic N) is 3. The lowest BCUT2D eigenvalue weighted by Gasteiger charge is -2.22. The van der Waals surface area contributed by atoms with E-state index in [2.05, 4.69) is 34.3 Å². The first kappa shape index (κ1) is 19.6. The molecular formula is C22H28ClFN4. The van der Waals surface area contributed by atoms with Crippen LogP contribution >= 0.6 is 11.6 Å². The third kappa shape index (κ3) is 4.31. The van der Waals surface area contributed by atoms with Crippen LogP contribution in [0.3, 0.4) is 0 Å². The van der Waals surface area contributed by atoms with Gasteiger partial charge in [0, 0.05) is 31.2 Å². The Morgan fingerprint density at radius 1 is 1.18 bits per heavy atom. The molecule has 2 heterocycles. The first-order chi connectivity index (χ1) is 13.5. The molecule has 4 rings (SSSR count). The molecular weight excluding hydrogens is 375 g/mol. The molecule has 1 N–H and O–H groups in total. The summed E-state index contributed by atoms with van der Waals surface area (Å²) in [6.45, 7) is 8.32. The Bertz CT molecular complexity index is 799. The highest BCUT2D eigenvalue weighted by Gasteiger charge is 2.40. The van der Waals surface area contributed by atoms with Crippen molar-refractivity contribution < 1.29 is 4.39 Å². The first-order valence-electron chi connectivity index (χ1n) is 10.3. The van der Waals surface area contributed by atoms with E-state index in [1.165, 1.54) is 51.0 Å². The van der Waals surface area contributed by atoms with Crippen LogP contribution in [0.15, 0.2) is 30.3 Å². The van der Waals surface area contributed by atoms with E-state index in [0.29, 0.717) is 22.3 Å². The van der Waals surface area contributed by atoms with Gasteiger partial charge in [0.1, 0.15) is 11.6 Å². The molecule has 6 heteroatoms. The Labute approximate surface area is 171 Å². The third-order valence-corrected chi connectivity index (χ3v) is 6.64. The van der Waals surface area contributed by atoms with E-state index < -0.39 is 0 Å². The van der Waals surface area contributed by atoms with E-state index in [9.17, 15) is 4.39 Å². The fourth-order valence-corrected chi connectivity index (χ4v) is 4.90. The van der Waals surface area contributed by atoms with Gasteiger partial charge in [-0.15, -0.1) is 10.2 Å². The molecule has 0 amide bonds. The molecule has 2 aromatic rings. The summed E-state index contributed by atoms with van der Waals surface area (Å²) in [6.07, 6.45) is 3.65. The summed E-state index contributed by atoms with van der Waals surface area (Å²) < 4.78 is 13.5. The third-order valence-electron chi connectivity index (χ3n) is 6.31. The van der Waals surface area contributed by atoms with E-state index in [1.54, 1.807) is 6.07 Å². The van der Waals surface area contributed by atoms with Gasteiger partial charge < -0.3 is 10.2 Å². The topological polar surface area (TPSA) is 41.0 Å². The van der Waals surface area contributed by atoms with Gasteiger partial charge in [-0.25, -0.2) is 4.39 Å². The number of nitrogens with one attached hydrogen (secondary N) is 1. The summed E-state index contributed by atoms with van der Waals surface area (Å²) in [7, 11) is 0. The quantitative estimate of drug-likeness (QED) is 0.729. The number of benzene rings is 1. The monoisotopic (exact) mass is 402 g/mol. The zero-order valence-corrected chi connectivity index (χ0v) is 17.3. The molecule has 1 aliphatic carbocycles. The van der Waals surface area contributed by atoms with Gasteiger partial charge in [-0.1, -0.05) is 31.9 Å². The van der Waals surface area contributed by atoms with Crippen LogP contribution in [0.4, 0.5) is 10.2 Å². The molecule has 1 aromatic heterocycles. The van der Waals surface area contributed by atoms with Gasteiger partial charge in [-0.3, -0.25) is 0 Å².